The molecule has 20 atom stereocenters. The molecule has 8 unspecified atom stereocenters. The first-order valence-corrected chi connectivity index (χ1v) is 19.3. The van der Waals surface area contributed by atoms with Crippen molar-refractivity contribution in [3.63, 3.8) is 0 Å². The van der Waals surface area contributed by atoms with E-state index in [1.165, 1.54) is 13.8 Å². The number of rotatable bonds is 15. The summed E-state index contributed by atoms with van der Waals surface area (Å²) < 4.78 is 73.8. The minimum Gasteiger partial charge on any atom is -0.463 e. The van der Waals surface area contributed by atoms with Crippen molar-refractivity contribution >= 4 is 11.9 Å². The zero-order chi connectivity index (χ0) is 40.7. The Balaban J connectivity index is 1.56. The topological polar surface area (TPSA) is 206 Å². The van der Waals surface area contributed by atoms with Gasteiger partial charge in [-0.15, -0.1) is 0 Å². The second-order valence-corrected chi connectivity index (χ2v) is 15.4. The van der Waals surface area contributed by atoms with Gasteiger partial charge in [0, 0.05) is 63.8 Å². The summed E-state index contributed by atoms with van der Waals surface area (Å²) in [6, 6.07) is -1.09. The Labute approximate surface area is 324 Å². The number of carbonyl (C=O) groups is 2. The third-order valence-electron chi connectivity index (χ3n) is 11.8. The number of hydrogen-bond acceptors (Lipinski definition) is 16. The van der Waals surface area contributed by atoms with Crippen molar-refractivity contribution in [2.75, 3.05) is 41.6 Å². The van der Waals surface area contributed by atoms with Gasteiger partial charge in [-0.1, -0.05) is 39.7 Å². The average Bonchev–Trinajstić information content (AvgIpc) is 3.14. The number of carbonyl (C=O) groups excluding carboxylic acids is 2. The van der Waals surface area contributed by atoms with E-state index in [-0.39, 0.29) is 49.2 Å². The van der Waals surface area contributed by atoms with E-state index >= 15 is 0 Å². The van der Waals surface area contributed by atoms with E-state index in [9.17, 15) is 15.1 Å². The Morgan fingerprint density at radius 3 is 1.58 bits per heavy atom. The molecule has 4 saturated heterocycles. The standard InChI is InChI=1S/C37H64N4O14/c1-16-21(6)49-34(19(4)29(16)44-11)54-31-18(3)28(40-41-38)37(52-26(31)15-48-24(9)43)55-33-22(7)50-35(20(5)32(33)45-12)53-30-17(2)27(39-10)36(46-13)51-25(30)14-47-23(8)42/h16-22,25-37,39H,14-15H2,1-13H3/t16-,17-,18-,19?,20?,21?,22?,25?,26?,27?,28?,29-,30+,31+,32+,33-,34+,35+,36+,37-/m1/s1. The Kier molecular flexibility index (Phi) is 16.9. The maximum absolute atomic E-state index is 12.0. The number of esters is 2. The summed E-state index contributed by atoms with van der Waals surface area (Å²) in [4.78, 5) is 26.9. The molecule has 0 bridgehead atoms. The molecule has 0 amide bonds. The molecule has 18 heteroatoms. The molecule has 0 aromatic heterocycles. The van der Waals surface area contributed by atoms with Gasteiger partial charge in [0.05, 0.1) is 48.7 Å². The average molecular weight is 789 g/mol. The van der Waals surface area contributed by atoms with Crippen LogP contribution in [-0.2, 0) is 66.4 Å². The first-order chi connectivity index (χ1) is 26.1. The first-order valence-electron chi connectivity index (χ1n) is 19.3. The number of nitrogens with one attached hydrogen (secondary N) is 1. The highest BCUT2D eigenvalue weighted by Gasteiger charge is 2.53. The maximum atomic E-state index is 12.0. The van der Waals surface area contributed by atoms with Gasteiger partial charge >= 0.3 is 11.9 Å². The predicted octanol–water partition coefficient (Wildman–Crippen LogP) is 3.33. The van der Waals surface area contributed by atoms with Crippen molar-refractivity contribution in [3.8, 4) is 0 Å². The molecule has 316 valence electrons. The van der Waals surface area contributed by atoms with E-state index in [0.717, 1.165) is 0 Å². The SMILES string of the molecule is CNC1[C@@H](OC)OC(COC(C)=O)[C@@H](O[C@@H]2OC(C)[C@@H](O[C@H]3OC(COC(C)=O)[C@@H](O[C@@H]4OC(C)[C@@H](C)[C@@H](OC)C4C)[C@H](C)C3N=[N+]=[N-])[C@@H](OC)C2C)[C@@H]1C. The highest BCUT2D eigenvalue weighted by molar-refractivity contribution is 5.66. The molecule has 4 aliphatic heterocycles. The molecule has 18 nitrogen and oxygen atoms in total. The van der Waals surface area contributed by atoms with Crippen molar-refractivity contribution in [2.45, 2.75) is 154 Å². The normalized spacial score (nSPS) is 45.0. The van der Waals surface area contributed by atoms with Gasteiger partial charge in [0.15, 0.2) is 25.2 Å². The van der Waals surface area contributed by atoms with Gasteiger partial charge in [-0.3, -0.25) is 9.59 Å². The zero-order valence-electron chi connectivity index (χ0n) is 34.5. The molecule has 0 spiro atoms. The lowest BCUT2D eigenvalue weighted by atomic mass is 9.85. The quantitative estimate of drug-likeness (QED) is 0.109. The fourth-order valence-corrected chi connectivity index (χ4v) is 8.50. The van der Waals surface area contributed by atoms with Crippen molar-refractivity contribution in [3.05, 3.63) is 10.4 Å². The molecule has 4 rings (SSSR count). The third kappa shape index (κ3) is 10.5. The monoisotopic (exact) mass is 788 g/mol. The number of ether oxygens (including phenoxy) is 12. The molecule has 1 N–H and O–H groups in total. The summed E-state index contributed by atoms with van der Waals surface area (Å²) in [7, 11) is 6.62. The van der Waals surface area contributed by atoms with Gasteiger partial charge in [-0.05, 0) is 32.3 Å². The van der Waals surface area contributed by atoms with Gasteiger partial charge in [-0.25, -0.2) is 0 Å². The van der Waals surface area contributed by atoms with Gasteiger partial charge < -0.3 is 62.2 Å². The van der Waals surface area contributed by atoms with E-state index in [2.05, 4.69) is 22.3 Å². The molecule has 0 aromatic rings. The molecular formula is C37H64N4O14. The fraction of sp³-hybridized carbons (Fsp3) is 0.946. The molecule has 0 saturated carbocycles. The molecule has 4 heterocycles. The molecule has 0 aromatic carbocycles. The van der Waals surface area contributed by atoms with Crippen LogP contribution >= 0.6 is 0 Å². The van der Waals surface area contributed by atoms with E-state index in [1.807, 2.05) is 48.6 Å². The van der Waals surface area contributed by atoms with Crippen LogP contribution in [0.1, 0.15) is 62.3 Å². The number of nitrogens with zero attached hydrogens (tertiary/aromatic N) is 3. The van der Waals surface area contributed by atoms with Crippen molar-refractivity contribution < 1.29 is 66.4 Å². The molecule has 4 aliphatic rings. The smallest absolute Gasteiger partial charge is 0.302 e. The Hall–Kier alpha value is -2.19. The van der Waals surface area contributed by atoms with Crippen LogP contribution in [0.5, 0.6) is 0 Å². The molecular weight excluding hydrogens is 724 g/mol. The van der Waals surface area contributed by atoms with E-state index in [4.69, 9.17) is 56.8 Å². The largest absolute Gasteiger partial charge is 0.463 e. The molecule has 4 fully saturated rings. The van der Waals surface area contributed by atoms with Crippen LogP contribution in [-0.4, -0.2) is 146 Å². The number of azide groups is 1. The first kappa shape index (κ1) is 45.5. The number of hydrogen-bond donors (Lipinski definition) is 1. The van der Waals surface area contributed by atoms with Gasteiger partial charge in [0.25, 0.3) is 0 Å². The Morgan fingerprint density at radius 2 is 1.09 bits per heavy atom. The second-order valence-electron chi connectivity index (χ2n) is 15.4. The number of likely N-dealkylation sites (N-methyl/N-ethyl adjacent to an activating group) is 1. The van der Waals surface area contributed by atoms with Crippen LogP contribution < -0.4 is 5.32 Å². The summed E-state index contributed by atoms with van der Waals surface area (Å²) in [5.41, 5.74) is 9.72. The summed E-state index contributed by atoms with van der Waals surface area (Å²) in [5, 5.41) is 7.38. The van der Waals surface area contributed by atoms with Crippen molar-refractivity contribution in [1.29, 1.82) is 0 Å². The highest BCUT2D eigenvalue weighted by atomic mass is 16.8. The van der Waals surface area contributed by atoms with Crippen LogP contribution in [0.25, 0.3) is 10.4 Å². The zero-order valence-corrected chi connectivity index (χ0v) is 34.5. The number of methoxy groups -OCH3 is 3. The van der Waals surface area contributed by atoms with E-state index < -0.39 is 97.7 Å². The lowest BCUT2D eigenvalue weighted by Crippen LogP contribution is -2.64. The summed E-state index contributed by atoms with van der Waals surface area (Å²) in [5.74, 6) is -1.97. The van der Waals surface area contributed by atoms with Crippen molar-refractivity contribution in [1.82, 2.24) is 5.32 Å². The summed E-state index contributed by atoms with van der Waals surface area (Å²) >= 11 is 0. The van der Waals surface area contributed by atoms with Gasteiger partial charge in [0.2, 0.25) is 0 Å². The molecule has 0 aliphatic carbocycles. The second kappa shape index (κ2) is 20.5. The molecule has 55 heavy (non-hydrogen) atoms. The lowest BCUT2D eigenvalue weighted by molar-refractivity contribution is -0.359. The minimum atomic E-state index is -1.10. The van der Waals surface area contributed by atoms with Crippen LogP contribution in [0.2, 0.25) is 0 Å². The Morgan fingerprint density at radius 1 is 0.600 bits per heavy atom. The highest BCUT2D eigenvalue weighted by Crippen LogP contribution is 2.41. The predicted molar refractivity (Wildman–Crippen MR) is 194 cm³/mol. The summed E-state index contributed by atoms with van der Waals surface area (Å²) in [6.45, 7) is 16.2. The summed E-state index contributed by atoms with van der Waals surface area (Å²) in [6.07, 6.45) is -8.06. The molecule has 0 radical (unpaired) electrons. The minimum absolute atomic E-state index is 0.0369. The van der Waals surface area contributed by atoms with Crippen molar-refractivity contribution in [2.24, 2.45) is 34.7 Å². The lowest BCUT2D eigenvalue weighted by Gasteiger charge is -2.51. The third-order valence-corrected chi connectivity index (χ3v) is 11.8. The van der Waals surface area contributed by atoms with E-state index in [0.29, 0.717) is 0 Å². The van der Waals surface area contributed by atoms with Gasteiger partial charge in [-0.2, -0.15) is 0 Å². The van der Waals surface area contributed by atoms with Gasteiger partial charge in [0.1, 0.15) is 31.5 Å². The van der Waals surface area contributed by atoms with Crippen LogP contribution in [0.3, 0.4) is 0 Å². The Bertz CT molecular complexity index is 1290. The van der Waals surface area contributed by atoms with Crippen LogP contribution in [0, 0.1) is 29.6 Å². The van der Waals surface area contributed by atoms with E-state index in [1.54, 1.807) is 21.3 Å². The van der Waals surface area contributed by atoms with Crippen LogP contribution in [0.15, 0.2) is 5.11 Å². The van der Waals surface area contributed by atoms with Crippen LogP contribution in [0.4, 0.5) is 0 Å². The fourth-order valence-electron chi connectivity index (χ4n) is 8.50. The maximum Gasteiger partial charge on any atom is 0.302 e.